The van der Waals surface area contributed by atoms with E-state index in [4.69, 9.17) is 16.3 Å². The van der Waals surface area contributed by atoms with Crippen molar-refractivity contribution in [2.45, 2.75) is 12.1 Å². The molecule has 134 valence electrons. The number of rotatable bonds is 6. The number of nitrogens with zero attached hydrogens (tertiary/aromatic N) is 2. The van der Waals surface area contributed by atoms with Gasteiger partial charge in [0.25, 0.3) is 0 Å². The number of methoxy groups -OCH3 is 1. The summed E-state index contributed by atoms with van der Waals surface area (Å²) in [4.78, 5) is 17.0. The van der Waals surface area contributed by atoms with Crippen molar-refractivity contribution >= 4 is 46.7 Å². The summed E-state index contributed by atoms with van der Waals surface area (Å²) in [6, 6.07) is 7.09. The summed E-state index contributed by atoms with van der Waals surface area (Å²) in [7, 11) is 1.55. The normalized spacial score (nSPS) is 11.6. The minimum atomic E-state index is -1.03. The molecule has 0 fully saturated rings. The number of benzene rings is 1. The molecule has 0 aliphatic rings. The molecule has 3 rings (SSSR count). The molecular formula is C17H14ClN3O3S2. The molecule has 1 aromatic carbocycles. The van der Waals surface area contributed by atoms with Crippen molar-refractivity contribution in [3.63, 3.8) is 0 Å². The zero-order valence-corrected chi connectivity index (χ0v) is 16.2. The highest BCUT2D eigenvalue weighted by Gasteiger charge is 2.17. The number of carboxylic acid groups (broad SMARTS) is 1. The molecule has 0 radical (unpaired) electrons. The third-order valence-electron chi connectivity index (χ3n) is 3.46. The third kappa shape index (κ3) is 4.09. The minimum Gasteiger partial charge on any atom is -0.496 e. The number of ether oxygens (including phenoxy) is 1. The van der Waals surface area contributed by atoms with Crippen molar-refractivity contribution < 1.29 is 14.6 Å². The van der Waals surface area contributed by atoms with E-state index in [0.29, 0.717) is 27.3 Å². The van der Waals surface area contributed by atoms with Crippen LogP contribution < -0.4 is 4.74 Å². The standard InChI is InChI=1S/C17H14ClN3O3S2/c1-9-5-6-25-13(9)8-14(16(22)23)26-17-19-15(20-21-17)11-7-10(18)3-4-12(11)24-2/h3-8H,1-2H3,(H,22,23)(H,19,20,21)/b14-8-. The van der Waals surface area contributed by atoms with Gasteiger partial charge < -0.3 is 9.84 Å². The van der Waals surface area contributed by atoms with Gasteiger partial charge in [0.05, 0.1) is 12.7 Å². The molecule has 0 aliphatic heterocycles. The van der Waals surface area contributed by atoms with E-state index < -0.39 is 5.97 Å². The summed E-state index contributed by atoms with van der Waals surface area (Å²) in [5.41, 5.74) is 1.67. The van der Waals surface area contributed by atoms with E-state index in [1.54, 1.807) is 31.4 Å². The fraction of sp³-hybridized carbons (Fsp3) is 0.118. The molecule has 0 aliphatic carbocycles. The van der Waals surface area contributed by atoms with Gasteiger partial charge in [-0.15, -0.1) is 16.4 Å². The first kappa shape index (κ1) is 18.5. The number of H-pyrrole nitrogens is 1. The first-order valence-corrected chi connectivity index (χ1v) is 9.48. The van der Waals surface area contributed by atoms with Gasteiger partial charge in [0, 0.05) is 9.90 Å². The Labute approximate surface area is 162 Å². The number of hydrogen-bond acceptors (Lipinski definition) is 6. The molecule has 2 aromatic heterocycles. The molecule has 6 nitrogen and oxygen atoms in total. The lowest BCUT2D eigenvalue weighted by atomic mass is 10.2. The number of hydrogen-bond donors (Lipinski definition) is 2. The number of thiophene rings is 1. The highest BCUT2D eigenvalue weighted by atomic mass is 35.5. The Morgan fingerprint density at radius 2 is 2.23 bits per heavy atom. The first-order valence-electron chi connectivity index (χ1n) is 7.41. The average molecular weight is 408 g/mol. The van der Waals surface area contributed by atoms with Crippen molar-refractivity contribution in [3.8, 4) is 17.1 Å². The second-order valence-corrected chi connectivity index (χ2v) is 7.59. The van der Waals surface area contributed by atoms with Crippen molar-refractivity contribution in [2.24, 2.45) is 0 Å². The monoisotopic (exact) mass is 407 g/mol. The van der Waals surface area contributed by atoms with Crippen LogP contribution >= 0.6 is 34.7 Å². The molecule has 0 unspecified atom stereocenters. The van der Waals surface area contributed by atoms with Crippen molar-refractivity contribution in [1.82, 2.24) is 15.2 Å². The number of aryl methyl sites for hydroxylation is 1. The van der Waals surface area contributed by atoms with Crippen molar-refractivity contribution in [1.29, 1.82) is 0 Å². The Morgan fingerprint density at radius 3 is 2.88 bits per heavy atom. The number of aliphatic carboxylic acids is 1. The van der Waals surface area contributed by atoms with Crippen LogP contribution in [-0.2, 0) is 4.79 Å². The van der Waals surface area contributed by atoms with E-state index in [-0.39, 0.29) is 4.91 Å². The van der Waals surface area contributed by atoms with Gasteiger partial charge in [-0.1, -0.05) is 11.6 Å². The van der Waals surface area contributed by atoms with Gasteiger partial charge in [0.1, 0.15) is 10.7 Å². The number of halogens is 1. The molecule has 0 saturated carbocycles. The Bertz CT molecular complexity index is 981. The lowest BCUT2D eigenvalue weighted by Crippen LogP contribution is -1.97. The Hall–Kier alpha value is -2.29. The Kier molecular flexibility index (Phi) is 5.65. The van der Waals surface area contributed by atoms with Crippen LogP contribution in [0.1, 0.15) is 10.4 Å². The van der Waals surface area contributed by atoms with Gasteiger partial charge in [-0.05, 0) is 60.0 Å². The van der Waals surface area contributed by atoms with Crippen LogP contribution in [0.4, 0.5) is 0 Å². The molecule has 0 spiro atoms. The summed E-state index contributed by atoms with van der Waals surface area (Å²) in [6.45, 7) is 1.93. The quantitative estimate of drug-likeness (QED) is 0.454. The van der Waals surface area contributed by atoms with Gasteiger partial charge in [0.2, 0.25) is 5.16 Å². The molecule has 26 heavy (non-hydrogen) atoms. The molecule has 0 amide bonds. The first-order chi connectivity index (χ1) is 12.5. The van der Waals surface area contributed by atoms with Gasteiger partial charge >= 0.3 is 5.97 Å². The maximum absolute atomic E-state index is 11.6. The van der Waals surface area contributed by atoms with E-state index >= 15 is 0 Å². The smallest absolute Gasteiger partial charge is 0.342 e. The van der Waals surface area contributed by atoms with Gasteiger partial charge in [0.15, 0.2) is 5.82 Å². The lowest BCUT2D eigenvalue weighted by molar-refractivity contribution is -0.131. The molecule has 3 aromatic rings. The fourth-order valence-corrected chi connectivity index (χ4v) is 3.96. The molecule has 9 heteroatoms. The van der Waals surface area contributed by atoms with Crippen LogP contribution in [0.2, 0.25) is 5.02 Å². The van der Waals surface area contributed by atoms with Gasteiger partial charge in [-0.2, -0.15) is 0 Å². The number of aromatic nitrogens is 3. The highest BCUT2D eigenvalue weighted by molar-refractivity contribution is 8.04. The predicted octanol–water partition coefficient (Wildman–Crippen LogP) is 4.72. The molecule has 2 N–H and O–H groups in total. The van der Waals surface area contributed by atoms with Gasteiger partial charge in [-0.25, -0.2) is 9.78 Å². The topological polar surface area (TPSA) is 88.1 Å². The zero-order valence-electron chi connectivity index (χ0n) is 13.8. The highest BCUT2D eigenvalue weighted by Crippen LogP contribution is 2.33. The van der Waals surface area contributed by atoms with E-state index in [9.17, 15) is 9.90 Å². The molecule has 2 heterocycles. The number of nitrogens with one attached hydrogen (secondary N) is 1. The fourth-order valence-electron chi connectivity index (χ4n) is 2.16. The van der Waals surface area contributed by atoms with Crippen LogP contribution in [0, 0.1) is 6.92 Å². The summed E-state index contributed by atoms with van der Waals surface area (Å²) in [5, 5.41) is 19.1. The van der Waals surface area contributed by atoms with Crippen LogP contribution in [0.5, 0.6) is 5.75 Å². The molecule has 0 bridgehead atoms. The predicted molar refractivity (Wildman–Crippen MR) is 104 cm³/mol. The number of aromatic amines is 1. The number of carbonyl (C=O) groups is 1. The Balaban J connectivity index is 1.90. The van der Waals surface area contributed by atoms with Crippen molar-refractivity contribution in [2.75, 3.05) is 7.11 Å². The van der Waals surface area contributed by atoms with E-state index in [0.717, 1.165) is 22.2 Å². The lowest BCUT2D eigenvalue weighted by Gasteiger charge is -2.05. The van der Waals surface area contributed by atoms with Crippen LogP contribution in [0.15, 0.2) is 39.7 Å². The van der Waals surface area contributed by atoms with E-state index in [1.807, 2.05) is 18.4 Å². The summed E-state index contributed by atoms with van der Waals surface area (Å²) < 4.78 is 5.31. The van der Waals surface area contributed by atoms with Gasteiger partial charge in [-0.3, -0.25) is 5.10 Å². The minimum absolute atomic E-state index is 0.138. The van der Waals surface area contributed by atoms with Crippen molar-refractivity contribution in [3.05, 3.63) is 50.0 Å². The van der Waals surface area contributed by atoms with Crippen LogP contribution in [-0.4, -0.2) is 33.4 Å². The molecular weight excluding hydrogens is 394 g/mol. The molecule has 0 saturated heterocycles. The number of thioether (sulfide) groups is 1. The largest absolute Gasteiger partial charge is 0.496 e. The van der Waals surface area contributed by atoms with Crippen LogP contribution in [0.3, 0.4) is 0 Å². The average Bonchev–Trinajstić information content (AvgIpc) is 3.23. The van der Waals surface area contributed by atoms with Crippen LogP contribution in [0.25, 0.3) is 17.5 Å². The zero-order chi connectivity index (χ0) is 18.7. The maximum Gasteiger partial charge on any atom is 0.342 e. The number of carboxylic acids is 1. The Morgan fingerprint density at radius 1 is 1.42 bits per heavy atom. The second kappa shape index (κ2) is 7.94. The third-order valence-corrected chi connectivity index (χ3v) is 5.54. The SMILES string of the molecule is COc1ccc(Cl)cc1-c1nc(S/C(=C\c2sccc2C)C(=O)O)n[nH]1. The van der Waals surface area contributed by atoms with E-state index in [2.05, 4.69) is 15.2 Å². The summed E-state index contributed by atoms with van der Waals surface area (Å²) >= 11 is 8.50. The summed E-state index contributed by atoms with van der Waals surface area (Å²) in [6.07, 6.45) is 1.63. The molecule has 0 atom stereocenters. The van der Waals surface area contributed by atoms with E-state index in [1.165, 1.54) is 11.3 Å². The maximum atomic E-state index is 11.6. The second-order valence-electron chi connectivity index (χ2n) is 5.19. The summed E-state index contributed by atoms with van der Waals surface area (Å²) in [5.74, 6) is 0.00342.